The number of carbonyl (C=O) groups excluding carboxylic acids is 2. The number of piperazine rings is 1. The van der Waals surface area contributed by atoms with Gasteiger partial charge in [0.05, 0.1) is 0 Å². The average Bonchev–Trinajstić information content (AvgIpc) is 2.87. The van der Waals surface area contributed by atoms with Crippen LogP contribution in [0, 0.1) is 0 Å². The van der Waals surface area contributed by atoms with Crippen molar-refractivity contribution < 1.29 is 14.7 Å². The van der Waals surface area contributed by atoms with Crippen LogP contribution in [-0.2, 0) is 9.59 Å². The molecule has 0 radical (unpaired) electrons. The van der Waals surface area contributed by atoms with Crippen molar-refractivity contribution in [2.45, 2.75) is 38.1 Å². The van der Waals surface area contributed by atoms with Crippen LogP contribution in [0.4, 0.5) is 0 Å². The summed E-state index contributed by atoms with van der Waals surface area (Å²) in [5.74, 6) is 0.405. The van der Waals surface area contributed by atoms with E-state index in [2.05, 4.69) is 4.90 Å². The van der Waals surface area contributed by atoms with Crippen LogP contribution in [0.25, 0.3) is 0 Å². The first kappa shape index (κ1) is 16.2. The Bertz CT molecular complexity index is 375. The van der Waals surface area contributed by atoms with E-state index < -0.39 is 0 Å². The lowest BCUT2D eigenvalue weighted by molar-refractivity contribution is -0.135. The molecule has 21 heavy (non-hydrogen) atoms. The van der Waals surface area contributed by atoms with Gasteiger partial charge in [-0.15, -0.1) is 0 Å². The molecule has 1 atom stereocenters. The first-order valence-electron chi connectivity index (χ1n) is 7.98. The molecule has 6 heteroatoms. The highest BCUT2D eigenvalue weighted by Gasteiger charge is 2.27. The van der Waals surface area contributed by atoms with E-state index in [0.717, 1.165) is 32.5 Å². The van der Waals surface area contributed by atoms with Crippen LogP contribution >= 0.6 is 0 Å². The second-order valence-electron chi connectivity index (χ2n) is 6.07. The Hall–Kier alpha value is -1.14. The molecule has 120 valence electrons. The van der Waals surface area contributed by atoms with E-state index in [4.69, 9.17) is 5.11 Å². The lowest BCUT2D eigenvalue weighted by atomic mass is 10.1. The van der Waals surface area contributed by atoms with Gasteiger partial charge in [0.15, 0.2) is 0 Å². The Morgan fingerprint density at radius 3 is 2.81 bits per heavy atom. The predicted molar refractivity (Wildman–Crippen MR) is 79.7 cm³/mol. The SMILES string of the molecule is CN1CCN(C(=O)CCCN2CCCC2=O)CC1CCO. The van der Waals surface area contributed by atoms with Gasteiger partial charge < -0.3 is 14.9 Å². The number of likely N-dealkylation sites (tertiary alicyclic amines) is 1. The molecule has 0 aromatic rings. The summed E-state index contributed by atoms with van der Waals surface area (Å²) >= 11 is 0. The van der Waals surface area contributed by atoms with E-state index >= 15 is 0 Å². The smallest absolute Gasteiger partial charge is 0.222 e. The van der Waals surface area contributed by atoms with Gasteiger partial charge in [-0.3, -0.25) is 14.5 Å². The molecule has 2 amide bonds. The van der Waals surface area contributed by atoms with Crippen molar-refractivity contribution in [1.29, 1.82) is 0 Å². The molecular formula is C15H27N3O3. The number of aliphatic hydroxyl groups is 1. The standard InChI is InChI=1S/C15H27N3O3/c1-16-9-10-18(12-13(16)6-11-19)15(21)5-3-8-17-7-2-4-14(17)20/h13,19H,2-12H2,1H3. The van der Waals surface area contributed by atoms with Crippen molar-refractivity contribution in [2.75, 3.05) is 46.4 Å². The third-order valence-corrected chi connectivity index (χ3v) is 4.58. The fraction of sp³-hybridized carbons (Fsp3) is 0.867. The van der Waals surface area contributed by atoms with Crippen LogP contribution in [-0.4, -0.2) is 84.0 Å². The number of nitrogens with zero attached hydrogens (tertiary/aromatic N) is 3. The Morgan fingerprint density at radius 2 is 2.14 bits per heavy atom. The Morgan fingerprint density at radius 1 is 1.33 bits per heavy atom. The summed E-state index contributed by atoms with van der Waals surface area (Å²) in [6.07, 6.45) is 3.59. The minimum atomic E-state index is 0.161. The average molecular weight is 297 g/mol. The molecule has 1 unspecified atom stereocenters. The van der Waals surface area contributed by atoms with Gasteiger partial charge >= 0.3 is 0 Å². The molecule has 2 rings (SSSR count). The van der Waals surface area contributed by atoms with Gasteiger partial charge in [0, 0.05) is 58.2 Å². The molecule has 0 aromatic carbocycles. The van der Waals surface area contributed by atoms with E-state index in [1.54, 1.807) is 0 Å². The minimum absolute atomic E-state index is 0.161. The van der Waals surface area contributed by atoms with Gasteiger partial charge in [0.2, 0.25) is 11.8 Å². The highest BCUT2D eigenvalue weighted by molar-refractivity contribution is 5.78. The fourth-order valence-corrected chi connectivity index (χ4v) is 3.15. The second kappa shape index (κ2) is 7.75. The summed E-state index contributed by atoms with van der Waals surface area (Å²) in [6, 6.07) is 0.257. The molecule has 0 aliphatic carbocycles. The normalized spacial score (nSPS) is 23.9. The number of carbonyl (C=O) groups is 2. The third kappa shape index (κ3) is 4.41. The summed E-state index contributed by atoms with van der Waals surface area (Å²) in [5.41, 5.74) is 0. The summed E-state index contributed by atoms with van der Waals surface area (Å²) in [4.78, 5) is 29.7. The molecule has 1 N–H and O–H groups in total. The lowest BCUT2D eigenvalue weighted by Crippen LogP contribution is -2.53. The van der Waals surface area contributed by atoms with Crippen molar-refractivity contribution >= 4 is 11.8 Å². The zero-order chi connectivity index (χ0) is 15.2. The van der Waals surface area contributed by atoms with E-state index in [-0.39, 0.29) is 24.5 Å². The summed E-state index contributed by atoms with van der Waals surface area (Å²) < 4.78 is 0. The van der Waals surface area contributed by atoms with Crippen molar-refractivity contribution in [2.24, 2.45) is 0 Å². The highest BCUT2D eigenvalue weighted by atomic mass is 16.3. The molecule has 2 saturated heterocycles. The molecule has 0 bridgehead atoms. The van der Waals surface area contributed by atoms with E-state index in [0.29, 0.717) is 32.4 Å². The van der Waals surface area contributed by atoms with Crippen molar-refractivity contribution in [1.82, 2.24) is 14.7 Å². The topological polar surface area (TPSA) is 64.1 Å². The zero-order valence-corrected chi connectivity index (χ0v) is 13.0. The Labute approximate surface area is 126 Å². The van der Waals surface area contributed by atoms with Crippen LogP contribution < -0.4 is 0 Å². The minimum Gasteiger partial charge on any atom is -0.396 e. The van der Waals surface area contributed by atoms with Gasteiger partial charge in [-0.1, -0.05) is 0 Å². The van der Waals surface area contributed by atoms with Crippen LogP contribution in [0.15, 0.2) is 0 Å². The zero-order valence-electron chi connectivity index (χ0n) is 13.0. The monoisotopic (exact) mass is 297 g/mol. The summed E-state index contributed by atoms with van der Waals surface area (Å²) in [7, 11) is 2.04. The number of likely N-dealkylation sites (N-methyl/N-ethyl adjacent to an activating group) is 1. The molecule has 2 aliphatic rings. The van der Waals surface area contributed by atoms with Gasteiger partial charge in [0.25, 0.3) is 0 Å². The Kier molecular flexibility index (Phi) is 5.99. The van der Waals surface area contributed by atoms with Crippen molar-refractivity contribution in [3.8, 4) is 0 Å². The second-order valence-corrected chi connectivity index (χ2v) is 6.07. The predicted octanol–water partition coefficient (Wildman–Crippen LogP) is -0.0860. The van der Waals surface area contributed by atoms with Crippen LogP contribution in [0.5, 0.6) is 0 Å². The summed E-state index contributed by atoms with van der Waals surface area (Å²) in [6.45, 7) is 4.05. The third-order valence-electron chi connectivity index (χ3n) is 4.58. The molecular weight excluding hydrogens is 270 g/mol. The molecule has 0 aromatic heterocycles. The molecule has 0 saturated carbocycles. The van der Waals surface area contributed by atoms with Crippen LogP contribution in [0.1, 0.15) is 32.1 Å². The van der Waals surface area contributed by atoms with Gasteiger partial charge in [-0.05, 0) is 26.3 Å². The number of amides is 2. The quantitative estimate of drug-likeness (QED) is 0.744. The van der Waals surface area contributed by atoms with Gasteiger partial charge in [-0.25, -0.2) is 0 Å². The van der Waals surface area contributed by atoms with Gasteiger partial charge in [0.1, 0.15) is 0 Å². The van der Waals surface area contributed by atoms with Crippen molar-refractivity contribution in [3.05, 3.63) is 0 Å². The highest BCUT2D eigenvalue weighted by Crippen LogP contribution is 2.14. The van der Waals surface area contributed by atoms with Crippen LogP contribution in [0.3, 0.4) is 0 Å². The molecule has 0 spiro atoms. The van der Waals surface area contributed by atoms with Crippen molar-refractivity contribution in [3.63, 3.8) is 0 Å². The van der Waals surface area contributed by atoms with E-state index in [1.807, 2.05) is 16.8 Å². The Balaban J connectivity index is 1.71. The first-order valence-corrected chi connectivity index (χ1v) is 7.98. The molecule has 2 fully saturated rings. The summed E-state index contributed by atoms with van der Waals surface area (Å²) in [5, 5.41) is 9.08. The number of rotatable bonds is 6. The molecule has 2 heterocycles. The molecule has 2 aliphatic heterocycles. The maximum atomic E-state index is 12.3. The fourth-order valence-electron chi connectivity index (χ4n) is 3.15. The van der Waals surface area contributed by atoms with Gasteiger partial charge in [-0.2, -0.15) is 0 Å². The van der Waals surface area contributed by atoms with E-state index in [9.17, 15) is 9.59 Å². The maximum absolute atomic E-state index is 12.3. The maximum Gasteiger partial charge on any atom is 0.222 e. The number of hydrogen-bond donors (Lipinski definition) is 1. The lowest BCUT2D eigenvalue weighted by Gasteiger charge is -2.39. The largest absolute Gasteiger partial charge is 0.396 e. The number of aliphatic hydroxyl groups excluding tert-OH is 1. The first-order chi connectivity index (χ1) is 10.1. The molecule has 6 nitrogen and oxygen atoms in total. The van der Waals surface area contributed by atoms with E-state index in [1.165, 1.54) is 0 Å². The van der Waals surface area contributed by atoms with Crippen LogP contribution in [0.2, 0.25) is 0 Å². The number of hydrogen-bond acceptors (Lipinski definition) is 4.